The molecular weight excluding hydrogens is 324 g/mol. The van der Waals surface area contributed by atoms with Crippen molar-refractivity contribution in [1.29, 1.82) is 0 Å². The van der Waals surface area contributed by atoms with Crippen LogP contribution in [-0.2, 0) is 11.3 Å². The first-order valence-corrected chi connectivity index (χ1v) is 8.64. The second-order valence-corrected chi connectivity index (χ2v) is 6.94. The zero-order chi connectivity index (χ0) is 17.1. The summed E-state index contributed by atoms with van der Waals surface area (Å²) in [5, 5.41) is 4.77. The molecule has 1 aromatic carbocycles. The molecule has 5 nitrogen and oxygen atoms in total. The fraction of sp³-hybridized carbons (Fsp3) is 0.444. The van der Waals surface area contributed by atoms with Crippen molar-refractivity contribution in [3.8, 4) is 0 Å². The van der Waals surface area contributed by atoms with Crippen molar-refractivity contribution >= 4 is 17.5 Å². The minimum Gasteiger partial charge on any atom is -0.333 e. The van der Waals surface area contributed by atoms with Gasteiger partial charge in [-0.05, 0) is 12.6 Å². The third-order valence-electron chi connectivity index (χ3n) is 4.54. The summed E-state index contributed by atoms with van der Waals surface area (Å²) in [6.07, 6.45) is 3.35. The van der Waals surface area contributed by atoms with Crippen LogP contribution in [0.1, 0.15) is 18.5 Å². The summed E-state index contributed by atoms with van der Waals surface area (Å²) in [5.41, 5.74) is 1.19. The van der Waals surface area contributed by atoms with E-state index in [1.165, 1.54) is 5.56 Å². The van der Waals surface area contributed by atoms with E-state index in [4.69, 9.17) is 11.6 Å². The predicted octanol–water partition coefficient (Wildman–Crippen LogP) is 2.69. The molecule has 128 valence electrons. The highest BCUT2D eigenvalue weighted by Gasteiger charge is 2.32. The molecule has 0 spiro atoms. The zero-order valence-electron chi connectivity index (χ0n) is 14.1. The van der Waals surface area contributed by atoms with Gasteiger partial charge in [-0.1, -0.05) is 48.9 Å². The third-order valence-corrected chi connectivity index (χ3v) is 4.73. The van der Waals surface area contributed by atoms with Gasteiger partial charge in [0.25, 0.3) is 0 Å². The van der Waals surface area contributed by atoms with Crippen molar-refractivity contribution in [3.63, 3.8) is 0 Å². The first-order chi connectivity index (χ1) is 11.5. The average Bonchev–Trinajstić information content (AvgIpc) is 3.00. The number of nitrogens with zero attached hydrogens (tertiary/aromatic N) is 4. The number of aromatic nitrogens is 2. The van der Waals surface area contributed by atoms with Crippen molar-refractivity contribution in [3.05, 3.63) is 53.3 Å². The van der Waals surface area contributed by atoms with Crippen molar-refractivity contribution in [2.45, 2.75) is 19.5 Å². The summed E-state index contributed by atoms with van der Waals surface area (Å²) >= 11 is 5.91. The summed E-state index contributed by atoms with van der Waals surface area (Å²) in [7, 11) is 2.10. The van der Waals surface area contributed by atoms with Gasteiger partial charge in [-0.15, -0.1) is 0 Å². The Morgan fingerprint density at radius 3 is 2.75 bits per heavy atom. The number of carbonyl (C=O) groups excluding carboxylic acids is 1. The zero-order valence-corrected chi connectivity index (χ0v) is 14.9. The van der Waals surface area contributed by atoms with E-state index in [1.54, 1.807) is 17.1 Å². The molecule has 2 atom stereocenters. The van der Waals surface area contributed by atoms with Gasteiger partial charge in [0.05, 0.1) is 29.7 Å². The van der Waals surface area contributed by atoms with Gasteiger partial charge in [-0.2, -0.15) is 5.10 Å². The van der Waals surface area contributed by atoms with Crippen LogP contribution in [0.2, 0.25) is 5.02 Å². The van der Waals surface area contributed by atoms with Gasteiger partial charge < -0.3 is 9.80 Å². The summed E-state index contributed by atoms with van der Waals surface area (Å²) in [6.45, 7) is 5.00. The normalized spacial score (nSPS) is 20.1. The van der Waals surface area contributed by atoms with E-state index >= 15 is 0 Å². The summed E-state index contributed by atoms with van der Waals surface area (Å²) < 4.78 is 1.73. The Morgan fingerprint density at radius 1 is 1.33 bits per heavy atom. The maximum absolute atomic E-state index is 13.0. The van der Waals surface area contributed by atoms with E-state index in [-0.39, 0.29) is 17.9 Å². The largest absolute Gasteiger partial charge is 0.333 e. The summed E-state index contributed by atoms with van der Waals surface area (Å²) in [6, 6.07) is 10.4. The average molecular weight is 347 g/mol. The lowest BCUT2D eigenvalue weighted by molar-refractivity contribution is -0.140. The van der Waals surface area contributed by atoms with Gasteiger partial charge in [0.1, 0.15) is 0 Å². The van der Waals surface area contributed by atoms with Gasteiger partial charge in [0.15, 0.2) is 0 Å². The molecule has 1 aliphatic rings. The lowest BCUT2D eigenvalue weighted by Crippen LogP contribution is -2.51. The van der Waals surface area contributed by atoms with Crippen molar-refractivity contribution < 1.29 is 4.79 Å². The second kappa shape index (κ2) is 7.36. The number of halogens is 1. The number of hydrogen-bond acceptors (Lipinski definition) is 3. The Labute approximate surface area is 147 Å². The molecule has 6 heteroatoms. The Kier molecular flexibility index (Phi) is 5.21. The predicted molar refractivity (Wildman–Crippen MR) is 94.8 cm³/mol. The van der Waals surface area contributed by atoms with Crippen LogP contribution in [-0.4, -0.2) is 52.2 Å². The summed E-state index contributed by atoms with van der Waals surface area (Å²) in [5.74, 6) is 0.0270. The molecule has 0 radical (unpaired) electrons. The van der Waals surface area contributed by atoms with Gasteiger partial charge in [-0.25, -0.2) is 0 Å². The topological polar surface area (TPSA) is 41.4 Å². The van der Waals surface area contributed by atoms with Crippen LogP contribution in [0.4, 0.5) is 0 Å². The van der Waals surface area contributed by atoms with Gasteiger partial charge >= 0.3 is 0 Å². The van der Waals surface area contributed by atoms with Crippen molar-refractivity contribution in [1.82, 2.24) is 19.6 Å². The molecule has 1 saturated heterocycles. The minimum atomic E-state index is -0.143. The quantitative estimate of drug-likeness (QED) is 0.854. The molecule has 0 unspecified atom stereocenters. The van der Waals surface area contributed by atoms with Gasteiger partial charge in [-0.3, -0.25) is 9.48 Å². The van der Waals surface area contributed by atoms with Gasteiger partial charge in [0, 0.05) is 25.8 Å². The summed E-state index contributed by atoms with van der Waals surface area (Å²) in [4.78, 5) is 17.3. The molecule has 0 N–H and O–H groups in total. The number of hydrogen-bond donors (Lipinski definition) is 0. The van der Waals surface area contributed by atoms with Crippen LogP contribution in [0.3, 0.4) is 0 Å². The Hall–Kier alpha value is -1.85. The minimum absolute atomic E-state index is 0.0982. The molecule has 2 aromatic rings. The Bertz CT molecular complexity index is 687. The fourth-order valence-corrected chi connectivity index (χ4v) is 3.38. The van der Waals surface area contributed by atoms with E-state index in [9.17, 15) is 4.79 Å². The molecule has 3 rings (SSSR count). The number of rotatable bonds is 4. The number of carbonyl (C=O) groups is 1. The molecule has 0 aliphatic carbocycles. The standard InChI is InChI=1S/C18H23ClN4O/c1-14(11-22-12-16(19)10-20-22)18(24)23-9-8-21(2)13-17(23)15-6-4-3-5-7-15/h3-7,10,12,14,17H,8-9,11,13H2,1-2H3/t14-,17+/m1/s1. The van der Waals surface area contributed by atoms with E-state index in [2.05, 4.69) is 29.2 Å². The molecule has 0 bridgehead atoms. The molecule has 1 fully saturated rings. The molecule has 1 aliphatic heterocycles. The highest BCUT2D eigenvalue weighted by atomic mass is 35.5. The highest BCUT2D eigenvalue weighted by Crippen LogP contribution is 2.26. The Balaban J connectivity index is 1.75. The lowest BCUT2D eigenvalue weighted by Gasteiger charge is -2.41. The van der Waals surface area contributed by atoms with Crippen LogP contribution in [0.15, 0.2) is 42.7 Å². The van der Waals surface area contributed by atoms with E-state index in [1.807, 2.05) is 30.0 Å². The molecule has 2 heterocycles. The van der Waals surface area contributed by atoms with E-state index in [0.29, 0.717) is 11.6 Å². The third kappa shape index (κ3) is 3.79. The SMILES string of the molecule is C[C@H](Cn1cc(Cl)cn1)C(=O)N1CCN(C)C[C@H]1c1ccccc1. The van der Waals surface area contributed by atoms with E-state index < -0.39 is 0 Å². The highest BCUT2D eigenvalue weighted by molar-refractivity contribution is 6.30. The number of amides is 1. The van der Waals surface area contributed by atoms with Gasteiger partial charge in [0.2, 0.25) is 5.91 Å². The second-order valence-electron chi connectivity index (χ2n) is 6.50. The number of likely N-dealkylation sites (N-methyl/N-ethyl adjacent to an activating group) is 1. The first kappa shape index (κ1) is 17.0. The van der Waals surface area contributed by atoms with Crippen LogP contribution >= 0.6 is 11.6 Å². The Morgan fingerprint density at radius 2 is 2.08 bits per heavy atom. The van der Waals surface area contributed by atoms with Crippen LogP contribution < -0.4 is 0 Å². The van der Waals surface area contributed by atoms with Crippen LogP contribution in [0.25, 0.3) is 0 Å². The van der Waals surface area contributed by atoms with Crippen molar-refractivity contribution in [2.75, 3.05) is 26.7 Å². The lowest BCUT2D eigenvalue weighted by atomic mass is 10.00. The van der Waals surface area contributed by atoms with E-state index in [0.717, 1.165) is 19.6 Å². The van der Waals surface area contributed by atoms with Crippen molar-refractivity contribution in [2.24, 2.45) is 5.92 Å². The number of piperazine rings is 1. The van der Waals surface area contributed by atoms with Crippen LogP contribution in [0, 0.1) is 5.92 Å². The first-order valence-electron chi connectivity index (χ1n) is 8.26. The molecule has 1 aromatic heterocycles. The molecular formula is C18H23ClN4O. The fourth-order valence-electron chi connectivity index (χ4n) is 3.22. The molecule has 1 amide bonds. The maximum atomic E-state index is 13.0. The monoisotopic (exact) mass is 346 g/mol. The number of benzene rings is 1. The maximum Gasteiger partial charge on any atom is 0.227 e. The molecule has 0 saturated carbocycles. The molecule has 24 heavy (non-hydrogen) atoms. The van der Waals surface area contributed by atoms with Crippen LogP contribution in [0.5, 0.6) is 0 Å². The smallest absolute Gasteiger partial charge is 0.227 e.